The Balaban J connectivity index is 1.39. The quantitative estimate of drug-likeness (QED) is 0.454. The number of ether oxygens (including phenoxy) is 2. The van der Waals surface area contributed by atoms with E-state index >= 15 is 0 Å². The van der Waals surface area contributed by atoms with Crippen LogP contribution in [0.25, 0.3) is 0 Å². The van der Waals surface area contributed by atoms with E-state index in [1.165, 1.54) is 45.7 Å². The van der Waals surface area contributed by atoms with Gasteiger partial charge in [-0.25, -0.2) is 0 Å². The Bertz CT molecular complexity index is 606. The molecule has 0 bridgehead atoms. The SMILES string of the molecule is CC(OCCC1CCCCC1)Oc1ccc([I+]c2ccccc2)cc1. The molecule has 3 heteroatoms. The van der Waals surface area contributed by atoms with Gasteiger partial charge in [-0.2, -0.15) is 0 Å². The summed E-state index contributed by atoms with van der Waals surface area (Å²) in [5.74, 6) is 1.76. The van der Waals surface area contributed by atoms with Crippen LogP contribution in [0.3, 0.4) is 0 Å². The second-order valence-corrected chi connectivity index (χ2v) is 9.72. The van der Waals surface area contributed by atoms with E-state index in [1.54, 1.807) is 0 Å². The highest BCUT2D eigenvalue weighted by atomic mass is 127. The molecule has 0 radical (unpaired) electrons. The van der Waals surface area contributed by atoms with E-state index in [0.29, 0.717) is 0 Å². The normalized spacial score (nSPS) is 16.5. The average molecular weight is 451 g/mol. The molecule has 0 aliphatic heterocycles. The van der Waals surface area contributed by atoms with Crippen LogP contribution >= 0.6 is 0 Å². The Kier molecular flexibility index (Phi) is 7.61. The smallest absolute Gasteiger partial charge is 0.357 e. The van der Waals surface area contributed by atoms with Crippen LogP contribution in [0.2, 0.25) is 0 Å². The van der Waals surface area contributed by atoms with Gasteiger partial charge in [0.15, 0.2) is 13.4 Å². The maximum absolute atomic E-state index is 5.90. The first-order valence-electron chi connectivity index (χ1n) is 9.38. The fraction of sp³-hybridized carbons (Fsp3) is 0.455. The van der Waals surface area contributed by atoms with Gasteiger partial charge in [-0.3, -0.25) is 0 Å². The molecule has 1 saturated carbocycles. The molecule has 0 amide bonds. The van der Waals surface area contributed by atoms with E-state index in [1.807, 2.05) is 6.92 Å². The van der Waals surface area contributed by atoms with Crippen molar-refractivity contribution in [2.75, 3.05) is 6.61 Å². The topological polar surface area (TPSA) is 18.5 Å². The summed E-state index contributed by atoms with van der Waals surface area (Å²) < 4.78 is 14.6. The van der Waals surface area contributed by atoms with Crippen molar-refractivity contribution in [1.82, 2.24) is 0 Å². The number of rotatable bonds is 8. The zero-order chi connectivity index (χ0) is 17.3. The van der Waals surface area contributed by atoms with Gasteiger partial charge >= 0.3 is 21.2 Å². The highest BCUT2D eigenvalue weighted by molar-refractivity contribution is 5.20. The van der Waals surface area contributed by atoms with E-state index < -0.39 is 0 Å². The molecule has 1 fully saturated rings. The molecular weight excluding hydrogens is 423 g/mol. The van der Waals surface area contributed by atoms with Gasteiger partial charge in [-0.05, 0) is 55.7 Å². The van der Waals surface area contributed by atoms with Crippen molar-refractivity contribution in [3.63, 3.8) is 0 Å². The molecule has 1 unspecified atom stereocenters. The highest BCUT2D eigenvalue weighted by Crippen LogP contribution is 2.26. The Labute approximate surface area is 162 Å². The summed E-state index contributed by atoms with van der Waals surface area (Å²) >= 11 is -0.110. The third kappa shape index (κ3) is 6.63. The maximum atomic E-state index is 5.90. The molecule has 1 aliphatic rings. The Morgan fingerprint density at radius 3 is 2.32 bits per heavy atom. The van der Waals surface area contributed by atoms with Crippen molar-refractivity contribution in [3.8, 4) is 5.75 Å². The van der Waals surface area contributed by atoms with Gasteiger partial charge in [0.25, 0.3) is 0 Å². The largest absolute Gasteiger partial charge is 0.465 e. The van der Waals surface area contributed by atoms with Crippen LogP contribution in [-0.2, 0) is 4.74 Å². The number of benzene rings is 2. The Morgan fingerprint density at radius 2 is 1.60 bits per heavy atom. The zero-order valence-corrected chi connectivity index (χ0v) is 17.2. The van der Waals surface area contributed by atoms with Crippen LogP contribution in [0, 0.1) is 13.1 Å². The number of hydrogen-bond donors (Lipinski definition) is 0. The molecule has 2 aromatic carbocycles. The second kappa shape index (κ2) is 10.2. The number of halogens is 1. The maximum Gasteiger partial charge on any atom is 0.357 e. The highest BCUT2D eigenvalue weighted by Gasteiger charge is 2.16. The van der Waals surface area contributed by atoms with Gasteiger partial charge in [-0.1, -0.05) is 50.3 Å². The van der Waals surface area contributed by atoms with Crippen LogP contribution < -0.4 is 25.9 Å². The molecule has 2 nitrogen and oxygen atoms in total. The summed E-state index contributed by atoms with van der Waals surface area (Å²) in [6.07, 6.45) is 7.96. The lowest BCUT2D eigenvalue weighted by Gasteiger charge is -2.22. The molecule has 0 heterocycles. The van der Waals surface area contributed by atoms with Gasteiger partial charge in [0.2, 0.25) is 0 Å². The van der Waals surface area contributed by atoms with E-state index in [4.69, 9.17) is 9.47 Å². The monoisotopic (exact) mass is 451 g/mol. The fourth-order valence-corrected chi connectivity index (χ4v) is 5.50. The summed E-state index contributed by atoms with van der Waals surface area (Å²) in [4.78, 5) is 0. The third-order valence-corrected chi connectivity index (χ3v) is 7.35. The first-order chi connectivity index (χ1) is 12.3. The summed E-state index contributed by atoms with van der Waals surface area (Å²) in [5, 5.41) is 0. The lowest BCUT2D eigenvalue weighted by molar-refractivity contribution is -0.597. The van der Waals surface area contributed by atoms with Crippen molar-refractivity contribution in [2.24, 2.45) is 5.92 Å². The van der Waals surface area contributed by atoms with Crippen LogP contribution in [0.15, 0.2) is 54.6 Å². The van der Waals surface area contributed by atoms with Crippen molar-refractivity contribution in [3.05, 3.63) is 61.7 Å². The molecule has 1 aliphatic carbocycles. The molecule has 3 rings (SSSR count). The van der Waals surface area contributed by atoms with Gasteiger partial charge in [0, 0.05) is 0 Å². The van der Waals surface area contributed by atoms with Crippen molar-refractivity contribution >= 4 is 0 Å². The average Bonchev–Trinajstić information content (AvgIpc) is 2.65. The standard InChI is InChI=1S/C22H28IO2/c1-18(24-17-16-19-8-4-2-5-9-19)25-22-14-12-21(13-15-22)23-20-10-6-3-7-11-20/h3,6-7,10-15,18-19H,2,4-5,8-9,16-17H2,1H3/q+1. The molecule has 0 spiro atoms. The van der Waals surface area contributed by atoms with Gasteiger partial charge in [0.1, 0.15) is 5.75 Å². The van der Waals surface area contributed by atoms with E-state index in [2.05, 4.69) is 54.6 Å². The van der Waals surface area contributed by atoms with Gasteiger partial charge in [0.05, 0.1) is 6.61 Å². The minimum Gasteiger partial charge on any atom is -0.465 e. The van der Waals surface area contributed by atoms with Gasteiger partial charge < -0.3 is 9.47 Å². The van der Waals surface area contributed by atoms with Gasteiger partial charge in [-0.15, -0.1) is 0 Å². The molecule has 25 heavy (non-hydrogen) atoms. The molecule has 0 aromatic heterocycles. The Morgan fingerprint density at radius 1 is 0.920 bits per heavy atom. The molecule has 0 saturated heterocycles. The van der Waals surface area contributed by atoms with Crippen molar-refractivity contribution in [1.29, 1.82) is 0 Å². The summed E-state index contributed by atoms with van der Waals surface area (Å²) in [7, 11) is 0. The minimum atomic E-state index is -0.182. The van der Waals surface area contributed by atoms with Crippen LogP contribution in [0.5, 0.6) is 5.75 Å². The molecule has 2 aromatic rings. The predicted octanol–water partition coefficient (Wildman–Crippen LogP) is 2.53. The second-order valence-electron chi connectivity index (χ2n) is 6.69. The van der Waals surface area contributed by atoms with Crippen molar-refractivity contribution < 1.29 is 30.7 Å². The molecule has 134 valence electrons. The zero-order valence-electron chi connectivity index (χ0n) is 15.0. The summed E-state index contributed by atoms with van der Waals surface area (Å²) in [5.41, 5.74) is 0. The first kappa shape index (κ1) is 18.7. The summed E-state index contributed by atoms with van der Waals surface area (Å²) in [6.45, 7) is 2.80. The minimum absolute atomic E-state index is 0.110. The van der Waals surface area contributed by atoms with Crippen molar-refractivity contribution in [2.45, 2.75) is 51.7 Å². The molecule has 0 N–H and O–H groups in total. The molecular formula is C22H28IO2+. The molecule has 1 atom stereocenters. The van der Waals surface area contributed by atoms with Crippen LogP contribution in [0.1, 0.15) is 45.4 Å². The fourth-order valence-electron chi connectivity index (χ4n) is 3.28. The number of hydrogen-bond acceptors (Lipinski definition) is 2. The lowest BCUT2D eigenvalue weighted by Crippen LogP contribution is -3.61. The first-order valence-corrected chi connectivity index (χ1v) is 11.5. The van der Waals surface area contributed by atoms with E-state index in [-0.39, 0.29) is 27.5 Å². The predicted molar refractivity (Wildman–Crippen MR) is 97.5 cm³/mol. The van der Waals surface area contributed by atoms with Crippen LogP contribution in [0.4, 0.5) is 0 Å². The Hall–Kier alpha value is -1.07. The third-order valence-electron chi connectivity index (χ3n) is 4.67. The lowest BCUT2D eigenvalue weighted by atomic mass is 9.87. The van der Waals surface area contributed by atoms with Crippen LogP contribution in [-0.4, -0.2) is 12.9 Å². The van der Waals surface area contributed by atoms with E-state index in [9.17, 15) is 0 Å². The summed E-state index contributed by atoms with van der Waals surface area (Å²) in [6, 6.07) is 19.2. The van der Waals surface area contributed by atoms with E-state index in [0.717, 1.165) is 18.3 Å².